The number of benzene rings is 1. The Bertz CT molecular complexity index is 385. The Morgan fingerprint density at radius 2 is 2.07 bits per heavy atom. The van der Waals surface area contributed by atoms with Gasteiger partial charge in [0.2, 0.25) is 0 Å². The summed E-state index contributed by atoms with van der Waals surface area (Å²) in [7, 11) is 0. The zero-order valence-electron chi connectivity index (χ0n) is 8.62. The van der Waals surface area contributed by atoms with Crippen LogP contribution in [-0.4, -0.2) is 16.2 Å². The fraction of sp³-hybridized carbons (Fsp3) is 0.364. The normalized spacial score (nSPS) is 11.4. The molecule has 0 saturated carbocycles. The summed E-state index contributed by atoms with van der Waals surface area (Å²) in [6.07, 6.45) is 0.222. The number of carbonyl (C=O) groups is 1. The van der Waals surface area contributed by atoms with E-state index in [1.165, 1.54) is 12.1 Å². The van der Waals surface area contributed by atoms with Gasteiger partial charge in [0.15, 0.2) is 11.6 Å². The van der Waals surface area contributed by atoms with Crippen LogP contribution in [-0.2, 0) is 11.2 Å². The third kappa shape index (κ3) is 2.68. The van der Waals surface area contributed by atoms with Gasteiger partial charge in [0.1, 0.15) is 0 Å². The molecule has 4 heteroatoms. The monoisotopic (exact) mass is 212 g/mol. The smallest absolute Gasteiger partial charge is 0.309 e. The van der Waals surface area contributed by atoms with E-state index >= 15 is 0 Å². The van der Waals surface area contributed by atoms with Gasteiger partial charge in [-0.2, -0.15) is 0 Å². The molecule has 0 aliphatic rings. The maximum absolute atomic E-state index is 13.0. The van der Waals surface area contributed by atoms with Crippen LogP contribution in [0.4, 0.5) is 4.39 Å². The lowest BCUT2D eigenvalue weighted by Crippen LogP contribution is -2.26. The number of phenols is 1. The fourth-order valence-corrected chi connectivity index (χ4v) is 1.25. The van der Waals surface area contributed by atoms with Crippen molar-refractivity contribution in [1.82, 2.24) is 0 Å². The predicted octanol–water partition coefficient (Wildman–Crippen LogP) is 2.18. The van der Waals surface area contributed by atoms with E-state index in [4.69, 9.17) is 10.2 Å². The number of halogens is 1. The minimum Gasteiger partial charge on any atom is -0.505 e. The van der Waals surface area contributed by atoms with Crippen LogP contribution in [0.5, 0.6) is 5.75 Å². The van der Waals surface area contributed by atoms with Crippen molar-refractivity contribution in [2.45, 2.75) is 20.3 Å². The number of aliphatic carboxylic acids is 1. The Morgan fingerprint density at radius 1 is 1.47 bits per heavy atom. The standard InChI is InChI=1S/C11H13FO3/c1-11(2,10(14)15)6-7-3-4-9(13)8(12)5-7/h3-5,13H,6H2,1-2H3,(H,14,15). The van der Waals surface area contributed by atoms with Crippen LogP contribution in [0.15, 0.2) is 18.2 Å². The van der Waals surface area contributed by atoms with Crippen LogP contribution in [0.3, 0.4) is 0 Å². The molecule has 3 nitrogen and oxygen atoms in total. The SMILES string of the molecule is CC(C)(Cc1ccc(O)c(F)c1)C(=O)O. The van der Waals surface area contributed by atoms with E-state index in [2.05, 4.69) is 0 Å². The lowest BCUT2D eigenvalue weighted by Gasteiger charge is -2.18. The minimum atomic E-state index is -0.941. The Labute approximate surface area is 87.2 Å². The summed E-state index contributed by atoms with van der Waals surface area (Å²) < 4.78 is 13.0. The van der Waals surface area contributed by atoms with Gasteiger partial charge in [0.25, 0.3) is 0 Å². The molecule has 1 aromatic carbocycles. The summed E-state index contributed by atoms with van der Waals surface area (Å²) in [5.74, 6) is -2.09. The third-order valence-corrected chi connectivity index (χ3v) is 2.24. The first kappa shape index (κ1) is 11.5. The highest BCUT2D eigenvalue weighted by Gasteiger charge is 2.27. The van der Waals surface area contributed by atoms with Gasteiger partial charge >= 0.3 is 5.97 Å². The molecule has 1 rings (SSSR count). The molecule has 0 bridgehead atoms. The molecule has 82 valence electrons. The summed E-state index contributed by atoms with van der Waals surface area (Å²) in [6, 6.07) is 3.89. The first-order valence-corrected chi connectivity index (χ1v) is 4.54. The van der Waals surface area contributed by atoms with Crippen molar-refractivity contribution in [1.29, 1.82) is 0 Å². The molecule has 0 heterocycles. The summed E-state index contributed by atoms with van der Waals surface area (Å²) in [5.41, 5.74) is -0.388. The maximum Gasteiger partial charge on any atom is 0.309 e. The van der Waals surface area contributed by atoms with Crippen LogP contribution >= 0.6 is 0 Å². The molecule has 2 N–H and O–H groups in total. The van der Waals surface area contributed by atoms with Crippen LogP contribution in [0.25, 0.3) is 0 Å². The highest BCUT2D eigenvalue weighted by atomic mass is 19.1. The van der Waals surface area contributed by atoms with Gasteiger partial charge < -0.3 is 10.2 Å². The largest absolute Gasteiger partial charge is 0.505 e. The first-order chi connectivity index (χ1) is 6.83. The van der Waals surface area contributed by atoms with Crippen molar-refractivity contribution in [2.24, 2.45) is 5.41 Å². The number of hydrogen-bond acceptors (Lipinski definition) is 2. The van der Waals surface area contributed by atoms with Gasteiger partial charge in [0.05, 0.1) is 5.41 Å². The van der Waals surface area contributed by atoms with E-state index < -0.39 is 23.0 Å². The zero-order valence-corrected chi connectivity index (χ0v) is 8.62. The van der Waals surface area contributed by atoms with Gasteiger partial charge in [-0.15, -0.1) is 0 Å². The van der Waals surface area contributed by atoms with Gasteiger partial charge in [-0.05, 0) is 38.0 Å². The van der Waals surface area contributed by atoms with E-state index in [1.54, 1.807) is 13.8 Å². The molecule has 0 radical (unpaired) electrons. The van der Waals surface area contributed by atoms with Crippen molar-refractivity contribution in [3.8, 4) is 5.75 Å². The molecule has 0 aliphatic heterocycles. The average molecular weight is 212 g/mol. The fourth-order valence-electron chi connectivity index (χ4n) is 1.25. The Kier molecular flexibility index (Phi) is 2.98. The third-order valence-electron chi connectivity index (χ3n) is 2.24. The Hall–Kier alpha value is -1.58. The number of carboxylic acids is 1. The molecule has 0 atom stereocenters. The molecule has 0 aromatic heterocycles. The first-order valence-electron chi connectivity index (χ1n) is 4.54. The quantitative estimate of drug-likeness (QED) is 0.807. The molecule has 0 spiro atoms. The van der Waals surface area contributed by atoms with Gasteiger partial charge in [-0.1, -0.05) is 6.07 Å². The highest BCUT2D eigenvalue weighted by molar-refractivity contribution is 5.74. The number of hydrogen-bond donors (Lipinski definition) is 2. The zero-order chi connectivity index (χ0) is 11.6. The van der Waals surface area contributed by atoms with Crippen molar-refractivity contribution in [2.75, 3.05) is 0 Å². The number of aromatic hydroxyl groups is 1. The van der Waals surface area contributed by atoms with Crippen LogP contribution in [0.2, 0.25) is 0 Å². The topological polar surface area (TPSA) is 57.5 Å². The molecule has 0 aliphatic carbocycles. The molecular formula is C11H13FO3. The molecule has 0 fully saturated rings. The van der Waals surface area contributed by atoms with Gasteiger partial charge in [0, 0.05) is 0 Å². The highest BCUT2D eigenvalue weighted by Crippen LogP contribution is 2.24. The number of rotatable bonds is 3. The van der Waals surface area contributed by atoms with E-state index in [-0.39, 0.29) is 6.42 Å². The average Bonchev–Trinajstić information content (AvgIpc) is 2.10. The molecule has 0 unspecified atom stereocenters. The lowest BCUT2D eigenvalue weighted by atomic mass is 9.86. The van der Waals surface area contributed by atoms with Gasteiger partial charge in [-0.3, -0.25) is 4.79 Å². The molecule has 0 amide bonds. The van der Waals surface area contributed by atoms with E-state index in [0.717, 1.165) is 6.07 Å². The summed E-state index contributed by atoms with van der Waals surface area (Å²) in [4.78, 5) is 10.8. The molecular weight excluding hydrogens is 199 g/mol. The van der Waals surface area contributed by atoms with Crippen LogP contribution in [0, 0.1) is 11.2 Å². The van der Waals surface area contributed by atoms with Gasteiger partial charge in [-0.25, -0.2) is 4.39 Å². The Balaban J connectivity index is 2.91. The molecule has 0 saturated heterocycles. The molecule has 1 aromatic rings. The lowest BCUT2D eigenvalue weighted by molar-refractivity contribution is -0.146. The summed E-state index contributed by atoms with van der Waals surface area (Å²) >= 11 is 0. The van der Waals surface area contributed by atoms with Crippen LogP contribution in [0.1, 0.15) is 19.4 Å². The second-order valence-electron chi connectivity index (χ2n) is 4.15. The second kappa shape index (κ2) is 3.88. The van der Waals surface area contributed by atoms with Crippen molar-refractivity contribution < 1.29 is 19.4 Å². The van der Waals surface area contributed by atoms with E-state index in [1.807, 2.05) is 0 Å². The van der Waals surface area contributed by atoms with Crippen LogP contribution < -0.4 is 0 Å². The number of carboxylic acid groups (broad SMARTS) is 1. The second-order valence-corrected chi connectivity index (χ2v) is 4.15. The minimum absolute atomic E-state index is 0.222. The van der Waals surface area contributed by atoms with Crippen molar-refractivity contribution >= 4 is 5.97 Å². The van der Waals surface area contributed by atoms with E-state index in [9.17, 15) is 9.18 Å². The summed E-state index contributed by atoms with van der Waals surface area (Å²) in [5, 5.41) is 17.8. The number of phenolic OH excluding ortho intramolecular Hbond substituents is 1. The van der Waals surface area contributed by atoms with Crippen molar-refractivity contribution in [3.05, 3.63) is 29.6 Å². The molecule has 15 heavy (non-hydrogen) atoms. The predicted molar refractivity (Wildman–Crippen MR) is 53.2 cm³/mol. The summed E-state index contributed by atoms with van der Waals surface area (Å²) in [6.45, 7) is 3.14. The van der Waals surface area contributed by atoms with E-state index in [0.29, 0.717) is 5.56 Å². The van der Waals surface area contributed by atoms with Crippen molar-refractivity contribution in [3.63, 3.8) is 0 Å². The Morgan fingerprint density at radius 3 is 2.53 bits per heavy atom. The maximum atomic E-state index is 13.0.